The van der Waals surface area contributed by atoms with Crippen LogP contribution in [-0.4, -0.2) is 49.6 Å². The minimum atomic E-state index is -1.01. The Kier molecular flexibility index (Phi) is 5.89. The normalized spacial score (nSPS) is 14.0. The number of nitrogens with one attached hydrogen (secondary N) is 1. The number of benzene rings is 1. The van der Waals surface area contributed by atoms with Gasteiger partial charge in [-0.2, -0.15) is 5.10 Å². The summed E-state index contributed by atoms with van der Waals surface area (Å²) in [6.07, 6.45) is 3.16. The second-order valence-electron chi connectivity index (χ2n) is 8.90. The quantitative estimate of drug-likeness (QED) is 0.230. The average Bonchev–Trinajstić information content (AvgIpc) is 3.34. The van der Waals surface area contributed by atoms with Gasteiger partial charge in [0, 0.05) is 17.3 Å². The van der Waals surface area contributed by atoms with E-state index in [1.54, 1.807) is 61.1 Å². The van der Waals surface area contributed by atoms with E-state index in [1.807, 2.05) is 0 Å². The number of anilines is 1. The third-order valence-electron chi connectivity index (χ3n) is 6.06. The van der Waals surface area contributed by atoms with Crippen molar-refractivity contribution in [2.45, 2.75) is 25.8 Å². The lowest BCUT2D eigenvalue weighted by Crippen LogP contribution is -2.29. The second-order valence-corrected chi connectivity index (χ2v) is 8.90. The maximum absolute atomic E-state index is 14.4. The number of ether oxygens (including phenoxy) is 1. The van der Waals surface area contributed by atoms with Crippen LogP contribution in [0, 0.1) is 5.82 Å². The van der Waals surface area contributed by atoms with Crippen LogP contribution in [0.1, 0.15) is 35.5 Å². The van der Waals surface area contributed by atoms with Crippen molar-refractivity contribution in [3.05, 3.63) is 77.9 Å². The van der Waals surface area contributed by atoms with E-state index in [9.17, 15) is 14.0 Å². The molecule has 1 N–H and O–H groups in total. The van der Waals surface area contributed by atoms with Crippen LogP contribution in [0.15, 0.2) is 55.3 Å². The van der Waals surface area contributed by atoms with Crippen LogP contribution in [0.5, 0.6) is 0 Å². The summed E-state index contributed by atoms with van der Waals surface area (Å²) >= 11 is 0. The number of halogens is 1. The highest BCUT2D eigenvalue weighted by Gasteiger charge is 2.44. The summed E-state index contributed by atoms with van der Waals surface area (Å²) in [5.74, 6) is -0.646. The maximum atomic E-state index is 14.4. The fourth-order valence-electron chi connectivity index (χ4n) is 4.20. The number of Topliss-reactive ketones (excluding diaryl/α,β-unsaturated/α-hetero) is 1. The molecule has 0 unspecified atom stereocenters. The van der Waals surface area contributed by atoms with Gasteiger partial charge in [0.05, 0.1) is 24.0 Å². The molecule has 3 aromatic heterocycles. The van der Waals surface area contributed by atoms with Crippen molar-refractivity contribution in [1.82, 2.24) is 24.7 Å². The summed E-state index contributed by atoms with van der Waals surface area (Å²) in [6, 6.07) is 9.98. The molecule has 10 heteroatoms. The van der Waals surface area contributed by atoms with Crippen molar-refractivity contribution in [1.29, 1.82) is 0 Å². The smallest absolute Gasteiger partial charge is 0.235 e. The molecule has 0 radical (unpaired) electrons. The van der Waals surface area contributed by atoms with Crippen molar-refractivity contribution in [2.24, 2.45) is 0 Å². The summed E-state index contributed by atoms with van der Waals surface area (Å²) in [5.41, 5.74) is 0.798. The lowest BCUT2D eigenvalue weighted by atomic mass is 9.85. The molecule has 0 saturated heterocycles. The molecule has 1 aromatic carbocycles. The molecule has 1 aliphatic rings. The van der Waals surface area contributed by atoms with E-state index in [4.69, 9.17) is 4.74 Å². The lowest BCUT2D eigenvalue weighted by molar-refractivity contribution is -0.119. The standard InChI is InChI=1S/C26H23FN6O3/c1-4-12-36-14-18(34)21-19-22(31-25(35)26(19,2)3)30-23(29-21)20-16-9-7-11-28-24(16)33(32-20)13-15-8-5-6-10-17(15)27/h4-11H,1,12-14H2,2-3H3,(H,29,30,31,35). The molecule has 0 aliphatic carbocycles. The van der Waals surface area contributed by atoms with Crippen molar-refractivity contribution in [3.63, 3.8) is 0 Å². The first-order valence-corrected chi connectivity index (χ1v) is 11.3. The lowest BCUT2D eigenvalue weighted by Gasteiger charge is -2.17. The summed E-state index contributed by atoms with van der Waals surface area (Å²) in [5, 5.41) is 8.03. The highest BCUT2D eigenvalue weighted by molar-refractivity contribution is 6.10. The Hall–Kier alpha value is -4.31. The zero-order chi connectivity index (χ0) is 25.4. The van der Waals surface area contributed by atoms with Crippen LogP contribution in [0.4, 0.5) is 10.2 Å². The number of hydrogen-bond donors (Lipinski definition) is 1. The Morgan fingerprint density at radius 3 is 2.81 bits per heavy atom. The third kappa shape index (κ3) is 3.95. The zero-order valence-corrected chi connectivity index (χ0v) is 19.8. The summed E-state index contributed by atoms with van der Waals surface area (Å²) < 4.78 is 21.3. The fraction of sp³-hybridized carbons (Fsp3) is 0.231. The minimum Gasteiger partial charge on any atom is -0.369 e. The highest BCUT2D eigenvalue weighted by Crippen LogP contribution is 2.39. The number of carbonyl (C=O) groups is 2. The Morgan fingerprint density at radius 2 is 2.03 bits per heavy atom. The van der Waals surface area contributed by atoms with Crippen molar-refractivity contribution < 1.29 is 18.7 Å². The average molecular weight is 487 g/mol. The van der Waals surface area contributed by atoms with Crippen LogP contribution in [0.25, 0.3) is 22.6 Å². The van der Waals surface area contributed by atoms with E-state index in [2.05, 4.69) is 31.9 Å². The first-order valence-electron chi connectivity index (χ1n) is 11.3. The highest BCUT2D eigenvalue weighted by atomic mass is 19.1. The number of nitrogens with zero attached hydrogens (tertiary/aromatic N) is 5. The second kappa shape index (κ2) is 9.04. The third-order valence-corrected chi connectivity index (χ3v) is 6.06. The van der Waals surface area contributed by atoms with Crippen LogP contribution in [-0.2, 0) is 21.5 Å². The fourth-order valence-corrected chi connectivity index (χ4v) is 4.20. The SMILES string of the molecule is C=CCOCC(=O)c1nc(-c2nn(Cc3ccccc3F)c3ncccc23)nc2c1C(C)(C)C(=O)N2. The van der Waals surface area contributed by atoms with Gasteiger partial charge in [0.25, 0.3) is 0 Å². The zero-order valence-electron chi connectivity index (χ0n) is 19.8. The minimum absolute atomic E-state index is 0.0862. The number of aromatic nitrogens is 5. The molecular weight excluding hydrogens is 463 g/mol. The van der Waals surface area contributed by atoms with E-state index in [1.165, 1.54) is 6.07 Å². The maximum Gasteiger partial charge on any atom is 0.235 e. The predicted molar refractivity (Wildman–Crippen MR) is 131 cm³/mol. The molecule has 4 heterocycles. The number of pyridine rings is 1. The molecule has 0 saturated carbocycles. The van der Waals surface area contributed by atoms with E-state index in [-0.39, 0.29) is 48.8 Å². The molecule has 4 aromatic rings. The summed E-state index contributed by atoms with van der Waals surface area (Å²) in [4.78, 5) is 39.4. The molecule has 36 heavy (non-hydrogen) atoms. The molecule has 0 atom stereocenters. The van der Waals surface area contributed by atoms with Crippen LogP contribution < -0.4 is 5.32 Å². The van der Waals surface area contributed by atoms with Gasteiger partial charge in [-0.15, -0.1) is 6.58 Å². The topological polar surface area (TPSA) is 112 Å². The van der Waals surface area contributed by atoms with Gasteiger partial charge in [0.2, 0.25) is 11.7 Å². The Labute approximate surface area is 206 Å². The summed E-state index contributed by atoms with van der Waals surface area (Å²) in [7, 11) is 0. The Morgan fingerprint density at radius 1 is 1.22 bits per heavy atom. The van der Waals surface area contributed by atoms with Crippen LogP contribution in [0.3, 0.4) is 0 Å². The number of carbonyl (C=O) groups excluding carboxylic acids is 2. The summed E-state index contributed by atoms with van der Waals surface area (Å²) in [6.45, 7) is 7.10. The molecule has 1 aliphatic heterocycles. The molecule has 0 spiro atoms. The number of amides is 1. The molecule has 182 valence electrons. The largest absolute Gasteiger partial charge is 0.369 e. The number of ketones is 1. The molecular formula is C26H23FN6O3. The predicted octanol–water partition coefficient (Wildman–Crippen LogP) is 3.69. The van der Waals surface area contributed by atoms with Crippen LogP contribution in [0.2, 0.25) is 0 Å². The first-order chi connectivity index (χ1) is 17.3. The van der Waals surface area contributed by atoms with E-state index < -0.39 is 11.2 Å². The molecule has 5 rings (SSSR count). The van der Waals surface area contributed by atoms with Crippen LogP contribution >= 0.6 is 0 Å². The van der Waals surface area contributed by atoms with Gasteiger partial charge in [0.1, 0.15) is 29.6 Å². The van der Waals surface area contributed by atoms with Crippen molar-refractivity contribution >= 4 is 28.5 Å². The molecule has 0 bridgehead atoms. The first kappa shape index (κ1) is 23.4. The molecule has 0 fully saturated rings. The van der Waals surface area contributed by atoms with Gasteiger partial charge >= 0.3 is 0 Å². The molecule has 9 nitrogen and oxygen atoms in total. The Bertz CT molecular complexity index is 1530. The van der Waals surface area contributed by atoms with E-state index in [0.717, 1.165) is 0 Å². The van der Waals surface area contributed by atoms with Crippen molar-refractivity contribution in [3.8, 4) is 11.5 Å². The number of rotatable bonds is 8. The van der Waals surface area contributed by atoms with E-state index >= 15 is 0 Å². The van der Waals surface area contributed by atoms with Gasteiger partial charge in [-0.05, 0) is 32.0 Å². The Balaban J connectivity index is 1.66. The van der Waals surface area contributed by atoms with Gasteiger partial charge < -0.3 is 10.1 Å². The monoisotopic (exact) mass is 486 g/mol. The van der Waals surface area contributed by atoms with E-state index in [0.29, 0.717) is 27.9 Å². The van der Waals surface area contributed by atoms with Gasteiger partial charge in [-0.1, -0.05) is 24.3 Å². The molecule has 1 amide bonds. The van der Waals surface area contributed by atoms with Crippen molar-refractivity contribution in [2.75, 3.05) is 18.5 Å². The van der Waals surface area contributed by atoms with Gasteiger partial charge in [-0.3, -0.25) is 9.59 Å². The van der Waals surface area contributed by atoms with Gasteiger partial charge in [0.15, 0.2) is 11.5 Å². The number of fused-ring (bicyclic) bond motifs is 2. The van der Waals surface area contributed by atoms with Gasteiger partial charge in [-0.25, -0.2) is 24.0 Å². The number of hydrogen-bond acceptors (Lipinski definition) is 7.